The summed E-state index contributed by atoms with van der Waals surface area (Å²) in [5, 5.41) is 8.10. The van der Waals surface area contributed by atoms with Crippen LogP contribution < -0.4 is 10.2 Å². The van der Waals surface area contributed by atoms with Crippen LogP contribution in [0.2, 0.25) is 0 Å². The molecule has 0 saturated carbocycles. The molecule has 7 nitrogen and oxygen atoms in total. The molecule has 7 heteroatoms. The predicted octanol–water partition coefficient (Wildman–Crippen LogP) is 2.50. The van der Waals surface area contributed by atoms with Gasteiger partial charge in [-0.3, -0.25) is 0 Å². The molecule has 1 N–H and O–H groups in total. The second kappa shape index (κ2) is 6.25. The molecule has 1 aromatic carbocycles. The Labute approximate surface area is 152 Å². The van der Waals surface area contributed by atoms with Gasteiger partial charge in [0.2, 0.25) is 0 Å². The lowest BCUT2D eigenvalue weighted by molar-refractivity contribution is 0.122. The van der Waals surface area contributed by atoms with E-state index in [2.05, 4.69) is 49.5 Å². The normalized spacial score (nSPS) is 16.9. The van der Waals surface area contributed by atoms with Crippen molar-refractivity contribution in [1.82, 2.24) is 19.6 Å². The fourth-order valence-corrected chi connectivity index (χ4v) is 3.82. The van der Waals surface area contributed by atoms with Crippen molar-refractivity contribution >= 4 is 23.0 Å². The van der Waals surface area contributed by atoms with E-state index in [1.807, 2.05) is 11.4 Å². The topological polar surface area (TPSA) is 67.6 Å². The van der Waals surface area contributed by atoms with Crippen LogP contribution in [0.4, 0.5) is 17.2 Å². The number of hydrogen-bond acceptors (Lipinski definition) is 6. The van der Waals surface area contributed by atoms with Crippen LogP contribution in [-0.4, -0.2) is 45.9 Å². The molecule has 26 heavy (non-hydrogen) atoms. The second-order valence-corrected chi connectivity index (χ2v) is 6.88. The predicted molar refractivity (Wildman–Crippen MR) is 100 cm³/mol. The van der Waals surface area contributed by atoms with Crippen molar-refractivity contribution in [3.8, 4) is 0 Å². The first-order chi connectivity index (χ1) is 12.8. The molecule has 0 amide bonds. The fraction of sp³-hybridized carbons (Fsp3) is 0.421. The van der Waals surface area contributed by atoms with Gasteiger partial charge in [-0.1, -0.05) is 0 Å². The number of ether oxygens (including phenoxy) is 1. The van der Waals surface area contributed by atoms with Crippen molar-refractivity contribution in [3.63, 3.8) is 0 Å². The molecular weight excluding hydrogens is 328 g/mol. The average molecular weight is 350 g/mol. The molecule has 5 rings (SSSR count). The number of aromatic nitrogens is 4. The Balaban J connectivity index is 1.47. The van der Waals surface area contributed by atoms with Gasteiger partial charge in [0.25, 0.3) is 5.78 Å². The summed E-state index contributed by atoms with van der Waals surface area (Å²) in [5.74, 6) is 2.42. The van der Waals surface area contributed by atoms with Gasteiger partial charge in [0.05, 0.1) is 18.9 Å². The Morgan fingerprint density at radius 3 is 2.65 bits per heavy atom. The Hall–Kier alpha value is -2.67. The Morgan fingerprint density at radius 2 is 1.85 bits per heavy atom. The molecule has 1 aliphatic carbocycles. The van der Waals surface area contributed by atoms with Gasteiger partial charge >= 0.3 is 0 Å². The average Bonchev–Trinajstić information content (AvgIpc) is 3.28. The number of fused-ring (bicyclic) bond motifs is 2. The van der Waals surface area contributed by atoms with Crippen molar-refractivity contribution in [1.29, 1.82) is 0 Å². The van der Waals surface area contributed by atoms with E-state index < -0.39 is 0 Å². The first kappa shape index (κ1) is 15.6. The smallest absolute Gasteiger partial charge is 0.254 e. The lowest BCUT2D eigenvalue weighted by Gasteiger charge is -2.29. The molecule has 0 radical (unpaired) electrons. The van der Waals surface area contributed by atoms with Gasteiger partial charge in [0.1, 0.15) is 11.6 Å². The maximum atomic E-state index is 5.43. The van der Waals surface area contributed by atoms with Gasteiger partial charge in [-0.25, -0.2) is 4.98 Å². The van der Waals surface area contributed by atoms with Gasteiger partial charge in [0, 0.05) is 30.0 Å². The molecule has 0 bridgehead atoms. The standard InChI is InChI=1S/C19H22N6O/c1-13-20-19-22-17-4-2-3-16(17)18(25(19)23-13)21-14-5-7-15(8-6-14)24-9-11-26-12-10-24/h5-8,21H,2-4,9-12H2,1H3. The zero-order chi connectivity index (χ0) is 17.5. The highest BCUT2D eigenvalue weighted by Crippen LogP contribution is 2.30. The summed E-state index contributed by atoms with van der Waals surface area (Å²) in [6, 6.07) is 8.59. The third kappa shape index (κ3) is 2.68. The third-order valence-corrected chi connectivity index (χ3v) is 5.12. The van der Waals surface area contributed by atoms with Crippen LogP contribution in [0.25, 0.3) is 5.78 Å². The molecule has 2 aromatic heterocycles. The summed E-state index contributed by atoms with van der Waals surface area (Å²) in [6.07, 6.45) is 3.19. The highest BCUT2D eigenvalue weighted by atomic mass is 16.5. The molecule has 2 aliphatic rings. The van der Waals surface area contributed by atoms with E-state index in [1.54, 1.807) is 0 Å². The molecule has 3 heterocycles. The number of nitrogens with one attached hydrogen (secondary N) is 1. The lowest BCUT2D eigenvalue weighted by Crippen LogP contribution is -2.36. The minimum atomic E-state index is 0.676. The summed E-state index contributed by atoms with van der Waals surface area (Å²) < 4.78 is 7.28. The number of nitrogens with zero attached hydrogens (tertiary/aromatic N) is 5. The molecule has 1 fully saturated rings. The molecule has 1 saturated heterocycles. The number of rotatable bonds is 3. The summed E-state index contributed by atoms with van der Waals surface area (Å²) in [7, 11) is 0. The Bertz CT molecular complexity index is 943. The highest BCUT2D eigenvalue weighted by molar-refractivity contribution is 5.66. The monoisotopic (exact) mass is 350 g/mol. The number of morpholine rings is 1. The minimum Gasteiger partial charge on any atom is -0.378 e. The first-order valence-electron chi connectivity index (χ1n) is 9.23. The van der Waals surface area contributed by atoms with Crippen LogP contribution in [0.5, 0.6) is 0 Å². The summed E-state index contributed by atoms with van der Waals surface area (Å²) in [4.78, 5) is 11.5. The maximum absolute atomic E-state index is 5.43. The van der Waals surface area contributed by atoms with Crippen molar-refractivity contribution < 1.29 is 4.74 Å². The van der Waals surface area contributed by atoms with E-state index in [9.17, 15) is 0 Å². The van der Waals surface area contributed by atoms with Crippen LogP contribution in [-0.2, 0) is 17.6 Å². The van der Waals surface area contributed by atoms with Crippen LogP contribution in [0.15, 0.2) is 24.3 Å². The van der Waals surface area contributed by atoms with Crippen molar-refractivity contribution in [2.75, 3.05) is 36.5 Å². The van der Waals surface area contributed by atoms with Crippen LogP contribution >= 0.6 is 0 Å². The zero-order valence-electron chi connectivity index (χ0n) is 14.9. The van der Waals surface area contributed by atoms with E-state index in [4.69, 9.17) is 4.74 Å². The molecule has 0 spiro atoms. The quantitative estimate of drug-likeness (QED) is 0.783. The van der Waals surface area contributed by atoms with Gasteiger partial charge in [0.15, 0.2) is 0 Å². The Kier molecular flexibility index (Phi) is 3.74. The van der Waals surface area contributed by atoms with E-state index >= 15 is 0 Å². The molecule has 134 valence electrons. The van der Waals surface area contributed by atoms with Crippen molar-refractivity contribution in [2.45, 2.75) is 26.2 Å². The molecule has 0 unspecified atom stereocenters. The second-order valence-electron chi connectivity index (χ2n) is 6.88. The minimum absolute atomic E-state index is 0.676. The first-order valence-corrected chi connectivity index (χ1v) is 9.23. The van der Waals surface area contributed by atoms with Gasteiger partial charge in [-0.05, 0) is 50.5 Å². The molecule has 3 aromatic rings. The maximum Gasteiger partial charge on any atom is 0.254 e. The van der Waals surface area contributed by atoms with E-state index in [0.29, 0.717) is 5.78 Å². The number of anilines is 3. The molecule has 1 aliphatic heterocycles. The Morgan fingerprint density at radius 1 is 1.04 bits per heavy atom. The third-order valence-electron chi connectivity index (χ3n) is 5.12. The van der Waals surface area contributed by atoms with Crippen LogP contribution in [0, 0.1) is 6.92 Å². The highest BCUT2D eigenvalue weighted by Gasteiger charge is 2.22. The summed E-state index contributed by atoms with van der Waals surface area (Å²) in [5.41, 5.74) is 4.70. The molecule has 0 atom stereocenters. The summed E-state index contributed by atoms with van der Waals surface area (Å²) in [6.45, 7) is 5.40. The number of benzene rings is 1. The van der Waals surface area contributed by atoms with Crippen LogP contribution in [0.1, 0.15) is 23.5 Å². The van der Waals surface area contributed by atoms with Crippen molar-refractivity contribution in [3.05, 3.63) is 41.3 Å². The van der Waals surface area contributed by atoms with E-state index in [-0.39, 0.29) is 0 Å². The van der Waals surface area contributed by atoms with Crippen molar-refractivity contribution in [2.24, 2.45) is 0 Å². The van der Waals surface area contributed by atoms with Crippen LogP contribution in [0.3, 0.4) is 0 Å². The SMILES string of the molecule is Cc1nc2nc3c(c(Nc4ccc(N5CCOCC5)cc4)n2n1)CCC3. The largest absolute Gasteiger partial charge is 0.378 e. The lowest BCUT2D eigenvalue weighted by atomic mass is 10.2. The summed E-state index contributed by atoms with van der Waals surface area (Å²) >= 11 is 0. The number of hydrogen-bond donors (Lipinski definition) is 1. The van der Waals surface area contributed by atoms with E-state index in [1.165, 1.54) is 11.3 Å². The van der Waals surface area contributed by atoms with E-state index in [0.717, 1.165) is 68.6 Å². The number of aryl methyl sites for hydroxylation is 2. The fourth-order valence-electron chi connectivity index (χ4n) is 3.82. The van der Waals surface area contributed by atoms with Gasteiger partial charge in [-0.2, -0.15) is 9.50 Å². The zero-order valence-corrected chi connectivity index (χ0v) is 14.9. The van der Waals surface area contributed by atoms with Gasteiger partial charge in [-0.15, -0.1) is 5.10 Å². The van der Waals surface area contributed by atoms with Gasteiger partial charge < -0.3 is 15.0 Å². The molecular formula is C19H22N6O.